The summed E-state index contributed by atoms with van der Waals surface area (Å²) in [4.78, 5) is 24.7. The fraction of sp³-hybridized carbons (Fsp3) is 0.500. The van der Waals surface area contributed by atoms with Crippen LogP contribution in [-0.4, -0.2) is 46.3 Å². The van der Waals surface area contributed by atoms with Gasteiger partial charge in [0.1, 0.15) is 0 Å². The van der Waals surface area contributed by atoms with E-state index in [4.69, 9.17) is 5.11 Å². The second-order valence-corrected chi connectivity index (χ2v) is 6.38. The first kappa shape index (κ1) is 16.3. The van der Waals surface area contributed by atoms with Gasteiger partial charge in [0.15, 0.2) is 0 Å². The number of amides is 2. The quantitative estimate of drug-likeness (QED) is 0.792. The zero-order valence-corrected chi connectivity index (χ0v) is 12.9. The number of rotatable bonds is 3. The predicted molar refractivity (Wildman–Crippen MR) is 81.6 cm³/mol. The Morgan fingerprint density at radius 3 is 2.50 bits per heavy atom. The number of hydrogen-bond acceptors (Lipinski definition) is 3. The van der Waals surface area contributed by atoms with E-state index in [1.54, 1.807) is 17.0 Å². The number of urea groups is 1. The van der Waals surface area contributed by atoms with E-state index < -0.39 is 5.97 Å². The van der Waals surface area contributed by atoms with Gasteiger partial charge in [-0.15, -0.1) is 0 Å². The summed E-state index contributed by atoms with van der Waals surface area (Å²) in [7, 11) is 0. The van der Waals surface area contributed by atoms with E-state index in [0.717, 1.165) is 5.56 Å². The van der Waals surface area contributed by atoms with Crippen LogP contribution in [0.25, 0.3) is 0 Å². The highest BCUT2D eigenvalue weighted by Crippen LogP contribution is 2.28. The van der Waals surface area contributed by atoms with Gasteiger partial charge in [0, 0.05) is 25.0 Å². The van der Waals surface area contributed by atoms with Crippen molar-refractivity contribution in [2.45, 2.75) is 32.9 Å². The van der Waals surface area contributed by atoms with Crippen LogP contribution in [0, 0.1) is 5.41 Å². The monoisotopic (exact) mass is 306 g/mol. The van der Waals surface area contributed by atoms with Crippen molar-refractivity contribution in [1.29, 1.82) is 0 Å². The average Bonchev–Trinajstić information content (AvgIpc) is 2.48. The minimum atomic E-state index is -0.968. The molecule has 1 heterocycles. The van der Waals surface area contributed by atoms with E-state index in [2.05, 4.69) is 5.32 Å². The van der Waals surface area contributed by atoms with E-state index >= 15 is 0 Å². The zero-order valence-electron chi connectivity index (χ0n) is 12.9. The van der Waals surface area contributed by atoms with Crippen LogP contribution < -0.4 is 5.32 Å². The van der Waals surface area contributed by atoms with Crippen molar-refractivity contribution in [3.05, 3.63) is 35.4 Å². The summed E-state index contributed by atoms with van der Waals surface area (Å²) >= 11 is 0. The van der Waals surface area contributed by atoms with Crippen molar-refractivity contribution in [3.63, 3.8) is 0 Å². The number of carbonyl (C=O) groups excluding carboxylic acids is 1. The van der Waals surface area contributed by atoms with Gasteiger partial charge in [0.25, 0.3) is 0 Å². The molecular formula is C16H22N2O4. The summed E-state index contributed by atoms with van der Waals surface area (Å²) < 4.78 is 0. The molecule has 2 rings (SSSR count). The maximum absolute atomic E-state index is 12.2. The number of likely N-dealkylation sites (tertiary alicyclic amines) is 1. The van der Waals surface area contributed by atoms with Crippen LogP contribution in [-0.2, 0) is 6.54 Å². The van der Waals surface area contributed by atoms with Gasteiger partial charge in [0.2, 0.25) is 0 Å². The number of nitrogens with zero attached hydrogens (tertiary/aromatic N) is 1. The number of carboxylic acid groups (broad SMARTS) is 1. The molecule has 1 aliphatic heterocycles. The van der Waals surface area contributed by atoms with Gasteiger partial charge < -0.3 is 20.4 Å². The van der Waals surface area contributed by atoms with Crippen LogP contribution >= 0.6 is 0 Å². The third kappa shape index (κ3) is 3.76. The van der Waals surface area contributed by atoms with Crippen molar-refractivity contribution in [2.75, 3.05) is 13.1 Å². The first-order chi connectivity index (χ1) is 10.3. The normalized spacial score (nSPS) is 20.5. The second-order valence-electron chi connectivity index (χ2n) is 6.38. The lowest BCUT2D eigenvalue weighted by Gasteiger charge is -2.41. The topological polar surface area (TPSA) is 89.9 Å². The highest BCUT2D eigenvalue weighted by molar-refractivity contribution is 5.87. The van der Waals surface area contributed by atoms with Gasteiger partial charge in [-0.25, -0.2) is 9.59 Å². The summed E-state index contributed by atoms with van der Waals surface area (Å²) in [5.74, 6) is -0.968. The number of nitrogens with one attached hydrogen (secondary N) is 1. The zero-order chi connectivity index (χ0) is 16.3. The molecule has 6 nitrogen and oxygen atoms in total. The van der Waals surface area contributed by atoms with E-state index in [1.807, 2.05) is 13.8 Å². The maximum Gasteiger partial charge on any atom is 0.335 e. The SMILES string of the molecule is CC1(C)CN(C(=O)NCc2ccc(C(=O)O)cc2)CCC1O. The highest BCUT2D eigenvalue weighted by Gasteiger charge is 2.36. The lowest BCUT2D eigenvalue weighted by molar-refractivity contribution is -0.0114. The lowest BCUT2D eigenvalue weighted by atomic mass is 9.81. The van der Waals surface area contributed by atoms with Crippen molar-refractivity contribution in [1.82, 2.24) is 10.2 Å². The molecule has 22 heavy (non-hydrogen) atoms. The molecule has 6 heteroatoms. The Morgan fingerprint density at radius 1 is 1.32 bits per heavy atom. The molecule has 0 aliphatic carbocycles. The lowest BCUT2D eigenvalue weighted by Crippen LogP contribution is -2.53. The summed E-state index contributed by atoms with van der Waals surface area (Å²) in [5, 5.41) is 21.6. The second kappa shape index (κ2) is 6.36. The molecule has 1 unspecified atom stereocenters. The number of aliphatic hydroxyl groups is 1. The van der Waals surface area contributed by atoms with Crippen LogP contribution in [0.1, 0.15) is 36.2 Å². The molecule has 0 radical (unpaired) electrons. The van der Waals surface area contributed by atoms with Crippen LogP contribution in [0.3, 0.4) is 0 Å². The number of benzene rings is 1. The molecule has 3 N–H and O–H groups in total. The van der Waals surface area contributed by atoms with E-state index in [1.165, 1.54) is 12.1 Å². The van der Waals surface area contributed by atoms with Gasteiger partial charge in [0.05, 0.1) is 11.7 Å². The molecule has 0 saturated carbocycles. The third-order valence-corrected chi connectivity index (χ3v) is 4.10. The Labute approximate surface area is 129 Å². The molecule has 2 amide bonds. The highest BCUT2D eigenvalue weighted by atomic mass is 16.4. The number of carbonyl (C=O) groups is 2. The fourth-order valence-electron chi connectivity index (χ4n) is 2.57. The maximum atomic E-state index is 12.2. The number of aliphatic hydroxyl groups excluding tert-OH is 1. The van der Waals surface area contributed by atoms with Gasteiger partial charge in [-0.05, 0) is 24.1 Å². The largest absolute Gasteiger partial charge is 0.478 e. The van der Waals surface area contributed by atoms with Gasteiger partial charge in [-0.3, -0.25) is 0 Å². The number of hydrogen-bond donors (Lipinski definition) is 3. The molecule has 1 atom stereocenters. The molecule has 0 aromatic heterocycles. The van der Waals surface area contributed by atoms with Gasteiger partial charge >= 0.3 is 12.0 Å². The Balaban J connectivity index is 1.89. The average molecular weight is 306 g/mol. The third-order valence-electron chi connectivity index (χ3n) is 4.10. The Morgan fingerprint density at radius 2 is 1.95 bits per heavy atom. The standard InChI is InChI=1S/C16H22N2O4/c1-16(2)10-18(8-7-13(16)19)15(22)17-9-11-3-5-12(6-4-11)14(20)21/h3-6,13,19H,7-10H2,1-2H3,(H,17,22)(H,20,21). The Bertz CT molecular complexity index is 554. The number of carboxylic acids is 1. The minimum absolute atomic E-state index is 0.165. The van der Waals surface area contributed by atoms with Crippen LogP contribution in [0.15, 0.2) is 24.3 Å². The Kier molecular flexibility index (Phi) is 4.71. The van der Waals surface area contributed by atoms with Crippen molar-refractivity contribution >= 4 is 12.0 Å². The number of piperidine rings is 1. The summed E-state index contributed by atoms with van der Waals surface area (Å²) in [6.07, 6.45) is 0.188. The first-order valence-corrected chi connectivity index (χ1v) is 7.33. The van der Waals surface area contributed by atoms with Crippen molar-refractivity contribution < 1.29 is 19.8 Å². The number of aromatic carboxylic acids is 1. The van der Waals surface area contributed by atoms with Gasteiger partial charge in [-0.2, -0.15) is 0 Å². The van der Waals surface area contributed by atoms with Crippen LogP contribution in [0.5, 0.6) is 0 Å². The predicted octanol–water partition coefficient (Wildman–Crippen LogP) is 1.69. The minimum Gasteiger partial charge on any atom is -0.478 e. The molecule has 1 aromatic rings. The fourth-order valence-corrected chi connectivity index (χ4v) is 2.57. The molecule has 1 saturated heterocycles. The van der Waals surface area contributed by atoms with E-state index in [9.17, 15) is 14.7 Å². The molecule has 0 spiro atoms. The van der Waals surface area contributed by atoms with Crippen molar-refractivity contribution in [2.24, 2.45) is 5.41 Å². The molecule has 0 bridgehead atoms. The molecule has 1 aliphatic rings. The Hall–Kier alpha value is -2.08. The van der Waals surface area contributed by atoms with E-state index in [0.29, 0.717) is 26.1 Å². The molecular weight excluding hydrogens is 284 g/mol. The first-order valence-electron chi connectivity index (χ1n) is 7.33. The van der Waals surface area contributed by atoms with Crippen LogP contribution in [0.2, 0.25) is 0 Å². The van der Waals surface area contributed by atoms with E-state index in [-0.39, 0.29) is 23.1 Å². The summed E-state index contributed by atoms with van der Waals surface area (Å²) in [6, 6.07) is 6.25. The summed E-state index contributed by atoms with van der Waals surface area (Å²) in [6.45, 7) is 5.29. The molecule has 1 aromatic carbocycles. The smallest absolute Gasteiger partial charge is 0.335 e. The molecule has 120 valence electrons. The van der Waals surface area contributed by atoms with Crippen molar-refractivity contribution in [3.8, 4) is 0 Å². The van der Waals surface area contributed by atoms with Gasteiger partial charge in [-0.1, -0.05) is 26.0 Å². The van der Waals surface area contributed by atoms with Crippen LogP contribution in [0.4, 0.5) is 4.79 Å². The summed E-state index contributed by atoms with van der Waals surface area (Å²) in [5.41, 5.74) is 0.759. The molecule has 1 fully saturated rings.